The standard InChI is InChI=1S/C38H42F2O2S2.6CH3.2Sn/c1-5-9-11-25(7-3)23-41-33-21-27(13-15-31(33)39)35-29-17-19-44-38(29)36(30-18-20-43-37(30)35)28-14-16-32(40)34(22-28)42-24-26(8-4)12-10-6-2;;;;;;;;/h13-18,21-22,25-26H,5-12,23-24H2,1-4H3;6*1H3;;. The SMILES string of the molecule is CCCCC(CC)COc1cc(-c2c3c[c]([Sn]([CH3])([CH3])[CH3])sc3c(-c3ccc(F)c(OCC(CC)CCCC)c3)c3c[c]([Sn]([CH3])([CH3])[CH3])sc23)ccc1F. The second-order valence-electron chi connectivity index (χ2n) is 16.7. The fourth-order valence-electron chi connectivity index (χ4n) is 6.83. The first kappa shape index (κ1) is 41.8. The van der Waals surface area contributed by atoms with Crippen molar-refractivity contribution in [2.75, 3.05) is 13.2 Å². The summed E-state index contributed by atoms with van der Waals surface area (Å²) in [5, 5.41) is 2.41. The number of unbranched alkanes of at least 4 members (excludes halogenated alkanes) is 2. The summed E-state index contributed by atoms with van der Waals surface area (Å²) in [4.78, 5) is 14.8. The number of halogens is 2. The number of ether oxygens (including phenoxy) is 2. The van der Waals surface area contributed by atoms with Gasteiger partial charge in [0.15, 0.2) is 0 Å². The van der Waals surface area contributed by atoms with E-state index in [1.807, 2.05) is 46.9 Å². The topological polar surface area (TPSA) is 18.5 Å². The van der Waals surface area contributed by atoms with Crippen LogP contribution < -0.4 is 15.3 Å². The van der Waals surface area contributed by atoms with E-state index in [2.05, 4.69) is 69.5 Å². The molecule has 0 amide bonds. The van der Waals surface area contributed by atoms with Crippen LogP contribution in [-0.4, -0.2) is 50.0 Å². The average Bonchev–Trinajstić information content (AvgIpc) is 3.75. The van der Waals surface area contributed by atoms with Gasteiger partial charge in [-0.3, -0.25) is 0 Å². The summed E-state index contributed by atoms with van der Waals surface area (Å²) < 4.78 is 48.9. The molecular weight excluding hydrogens is 900 g/mol. The molecule has 52 heavy (non-hydrogen) atoms. The summed E-state index contributed by atoms with van der Waals surface area (Å²) in [5.74, 6) is 0.859. The van der Waals surface area contributed by atoms with Crippen molar-refractivity contribution >= 4 is 85.4 Å². The molecule has 0 saturated heterocycles. The normalized spacial score (nSPS) is 13.6. The number of hydrogen-bond acceptors (Lipinski definition) is 4. The van der Waals surface area contributed by atoms with Gasteiger partial charge in [0.2, 0.25) is 0 Å². The van der Waals surface area contributed by atoms with Gasteiger partial charge in [0, 0.05) is 0 Å². The Balaban J connectivity index is 1.73. The van der Waals surface area contributed by atoms with Gasteiger partial charge in [-0.25, -0.2) is 0 Å². The number of benzene rings is 3. The third kappa shape index (κ3) is 9.71. The molecule has 5 rings (SSSR count). The van der Waals surface area contributed by atoms with Gasteiger partial charge in [0.05, 0.1) is 0 Å². The predicted octanol–water partition coefficient (Wildman–Crippen LogP) is 14.0. The Morgan fingerprint density at radius 2 is 0.962 bits per heavy atom. The van der Waals surface area contributed by atoms with Crippen molar-refractivity contribution < 1.29 is 18.3 Å². The quantitative estimate of drug-likeness (QED) is 0.0815. The Morgan fingerprint density at radius 3 is 1.29 bits per heavy atom. The van der Waals surface area contributed by atoms with Crippen LogP contribution in [0.25, 0.3) is 42.4 Å². The molecule has 0 N–H and O–H groups in total. The maximum atomic E-state index is 15.4. The van der Waals surface area contributed by atoms with Gasteiger partial charge in [-0.05, 0) is 0 Å². The van der Waals surface area contributed by atoms with E-state index in [0.29, 0.717) is 36.5 Å². The minimum atomic E-state index is -2.56. The van der Waals surface area contributed by atoms with E-state index >= 15 is 8.78 Å². The summed E-state index contributed by atoms with van der Waals surface area (Å²) in [6.45, 7) is 9.86. The summed E-state index contributed by atoms with van der Waals surface area (Å²) >= 11 is -1.29. The molecule has 0 spiro atoms. The first-order valence-corrected chi connectivity index (χ1v) is 41.2. The van der Waals surface area contributed by atoms with Crippen molar-refractivity contribution in [2.45, 2.75) is 109 Å². The van der Waals surface area contributed by atoms with Gasteiger partial charge in [-0.2, -0.15) is 0 Å². The van der Waals surface area contributed by atoms with Crippen LogP contribution in [0.1, 0.15) is 79.1 Å². The fraction of sp³-hybridized carbons (Fsp3) is 0.500. The van der Waals surface area contributed by atoms with E-state index in [1.165, 1.54) is 37.1 Å². The second kappa shape index (κ2) is 18.1. The Hall–Kier alpha value is -1.36. The summed E-state index contributed by atoms with van der Waals surface area (Å²) in [7, 11) is 0. The summed E-state index contributed by atoms with van der Waals surface area (Å²) in [5.41, 5.74) is 4.32. The molecule has 0 aliphatic heterocycles. The van der Waals surface area contributed by atoms with Crippen LogP contribution in [-0.2, 0) is 0 Å². The van der Waals surface area contributed by atoms with Crippen molar-refractivity contribution in [3.05, 3.63) is 60.2 Å². The molecule has 0 fully saturated rings. The molecular formula is C44H60F2O2S2Sn2. The molecule has 0 saturated carbocycles. The van der Waals surface area contributed by atoms with Gasteiger partial charge in [0.25, 0.3) is 0 Å². The molecule has 8 heteroatoms. The molecule has 0 aliphatic rings. The number of rotatable bonds is 18. The number of thiophene rings is 2. The van der Waals surface area contributed by atoms with Gasteiger partial charge < -0.3 is 0 Å². The third-order valence-electron chi connectivity index (χ3n) is 10.4. The summed E-state index contributed by atoms with van der Waals surface area (Å²) in [6, 6.07) is 15.8. The van der Waals surface area contributed by atoms with E-state index in [9.17, 15) is 0 Å². The van der Waals surface area contributed by atoms with Crippen molar-refractivity contribution in [1.29, 1.82) is 0 Å². The Morgan fingerprint density at radius 1 is 0.577 bits per heavy atom. The molecule has 2 aromatic heterocycles. The first-order chi connectivity index (χ1) is 24.7. The van der Waals surface area contributed by atoms with E-state index in [-0.39, 0.29) is 11.6 Å². The monoisotopic (exact) mass is 962 g/mol. The molecule has 3 aromatic carbocycles. The molecule has 282 valence electrons. The molecule has 2 nitrogen and oxygen atoms in total. The molecule has 5 aromatic rings. The van der Waals surface area contributed by atoms with Crippen molar-refractivity contribution in [2.24, 2.45) is 11.8 Å². The van der Waals surface area contributed by atoms with Gasteiger partial charge in [-0.1, -0.05) is 26.7 Å². The Kier molecular flexibility index (Phi) is 14.5. The molecule has 0 radical (unpaired) electrons. The van der Waals surface area contributed by atoms with Crippen molar-refractivity contribution in [3.63, 3.8) is 0 Å². The summed E-state index contributed by atoms with van der Waals surface area (Å²) in [6.07, 6.45) is 8.84. The number of hydrogen-bond donors (Lipinski definition) is 0. The zero-order valence-electron chi connectivity index (χ0n) is 33.2. The van der Waals surface area contributed by atoms with E-state index in [0.717, 1.165) is 62.5 Å². The first-order valence-electron chi connectivity index (χ1n) is 19.6. The second-order valence-corrected chi connectivity index (χ2v) is 49.6. The van der Waals surface area contributed by atoms with E-state index in [4.69, 9.17) is 9.47 Å². The van der Waals surface area contributed by atoms with Crippen LogP contribution in [0, 0.1) is 23.5 Å². The van der Waals surface area contributed by atoms with Crippen LogP contribution in [0.2, 0.25) is 29.6 Å². The van der Waals surface area contributed by atoms with Crippen LogP contribution in [0.15, 0.2) is 48.5 Å². The molecule has 2 atom stereocenters. The zero-order valence-corrected chi connectivity index (χ0v) is 40.6. The van der Waals surface area contributed by atoms with Crippen LogP contribution in [0.4, 0.5) is 8.78 Å². The zero-order chi connectivity index (χ0) is 37.8. The Labute approximate surface area is 328 Å². The Bertz CT molecular complexity index is 1770. The average molecular weight is 961 g/mol. The number of fused-ring (bicyclic) bond motifs is 2. The van der Waals surface area contributed by atoms with Gasteiger partial charge >= 0.3 is 305 Å². The van der Waals surface area contributed by atoms with Crippen LogP contribution in [0.5, 0.6) is 11.5 Å². The van der Waals surface area contributed by atoms with E-state index < -0.39 is 36.8 Å². The van der Waals surface area contributed by atoms with E-state index in [1.54, 1.807) is 12.1 Å². The van der Waals surface area contributed by atoms with Gasteiger partial charge in [0.1, 0.15) is 0 Å². The molecule has 0 bridgehead atoms. The van der Waals surface area contributed by atoms with Gasteiger partial charge in [-0.15, -0.1) is 0 Å². The van der Waals surface area contributed by atoms with Crippen molar-refractivity contribution in [3.8, 4) is 33.8 Å². The maximum absolute atomic E-state index is 15.4. The molecule has 2 heterocycles. The predicted molar refractivity (Wildman–Crippen MR) is 232 cm³/mol. The molecule has 2 unspecified atom stereocenters. The van der Waals surface area contributed by atoms with Crippen molar-refractivity contribution in [1.82, 2.24) is 0 Å². The third-order valence-corrected chi connectivity index (χ3v) is 31.6. The van der Waals surface area contributed by atoms with Crippen LogP contribution >= 0.6 is 22.7 Å². The molecule has 0 aliphatic carbocycles. The minimum absolute atomic E-state index is 0.313. The fourth-order valence-corrected chi connectivity index (χ4v) is 19.7. The van der Waals surface area contributed by atoms with Crippen LogP contribution in [0.3, 0.4) is 0 Å².